The predicted octanol–water partition coefficient (Wildman–Crippen LogP) is 2.34. The van der Waals surface area contributed by atoms with Crippen LogP contribution >= 0.6 is 0 Å². The highest BCUT2D eigenvalue weighted by molar-refractivity contribution is 5.82. The Bertz CT molecular complexity index is 525. The Morgan fingerprint density at radius 1 is 1.41 bits per heavy atom. The first-order chi connectivity index (χ1) is 8.29. The van der Waals surface area contributed by atoms with E-state index in [1.807, 2.05) is 0 Å². The lowest BCUT2D eigenvalue weighted by Gasteiger charge is -2.07. The molecule has 17 heavy (non-hydrogen) atoms. The second-order valence-electron chi connectivity index (χ2n) is 4.99. The largest absolute Gasteiger partial charge is 0.327 e. The summed E-state index contributed by atoms with van der Waals surface area (Å²) in [6.07, 6.45) is 3.51. The van der Waals surface area contributed by atoms with Crippen LogP contribution in [-0.2, 0) is 13.0 Å². The van der Waals surface area contributed by atoms with Crippen LogP contribution in [0.25, 0.3) is 10.9 Å². The van der Waals surface area contributed by atoms with E-state index in [9.17, 15) is 0 Å². The van der Waals surface area contributed by atoms with Crippen LogP contribution in [0.5, 0.6) is 0 Å². The Labute approximate surface area is 102 Å². The number of nitrogens with two attached hydrogens (primary N) is 1. The Balaban J connectivity index is 1.97. The van der Waals surface area contributed by atoms with E-state index >= 15 is 0 Å². The summed E-state index contributed by atoms with van der Waals surface area (Å²) < 4.78 is 2.07. The third-order valence-electron chi connectivity index (χ3n) is 3.69. The fraction of sp³-hybridized carbons (Fsp3) is 0.500. The summed E-state index contributed by atoms with van der Waals surface area (Å²) in [7, 11) is 0. The number of para-hydroxylation sites is 1. The summed E-state index contributed by atoms with van der Waals surface area (Å²) in [4.78, 5) is 0. The van der Waals surface area contributed by atoms with E-state index in [1.54, 1.807) is 0 Å². The van der Waals surface area contributed by atoms with Gasteiger partial charge >= 0.3 is 0 Å². The second kappa shape index (κ2) is 4.15. The smallest absolute Gasteiger partial charge is 0.0718 e. The molecule has 1 aromatic heterocycles. The van der Waals surface area contributed by atoms with Gasteiger partial charge in [-0.3, -0.25) is 4.68 Å². The summed E-state index contributed by atoms with van der Waals surface area (Å²) in [5, 5.41) is 5.96. The average Bonchev–Trinajstić information content (AvgIpc) is 3.14. The predicted molar refractivity (Wildman–Crippen MR) is 69.8 cm³/mol. The summed E-state index contributed by atoms with van der Waals surface area (Å²) in [5.74, 6) is 0.737. The van der Waals surface area contributed by atoms with Gasteiger partial charge in [0.25, 0.3) is 0 Å². The molecule has 2 aromatic rings. The molecule has 0 saturated heterocycles. The molecule has 1 aliphatic rings. The Morgan fingerprint density at radius 3 is 2.88 bits per heavy atom. The van der Waals surface area contributed by atoms with Gasteiger partial charge in [0.1, 0.15) is 0 Å². The lowest BCUT2D eigenvalue weighted by atomic mass is 10.1. The molecule has 1 fully saturated rings. The fourth-order valence-corrected chi connectivity index (χ4v) is 2.50. The van der Waals surface area contributed by atoms with Gasteiger partial charge in [0.05, 0.1) is 11.2 Å². The lowest BCUT2D eigenvalue weighted by Crippen LogP contribution is -2.25. The molecule has 0 spiro atoms. The van der Waals surface area contributed by atoms with Gasteiger partial charge in [-0.15, -0.1) is 0 Å². The van der Waals surface area contributed by atoms with Crippen molar-refractivity contribution < 1.29 is 0 Å². The van der Waals surface area contributed by atoms with Gasteiger partial charge in [0.15, 0.2) is 0 Å². The third kappa shape index (κ3) is 1.95. The van der Waals surface area contributed by atoms with Crippen LogP contribution in [0, 0.1) is 5.92 Å². The quantitative estimate of drug-likeness (QED) is 0.874. The van der Waals surface area contributed by atoms with Crippen LogP contribution in [0.4, 0.5) is 0 Å². The molecule has 1 unspecified atom stereocenters. The number of hydrogen-bond acceptors (Lipinski definition) is 2. The molecular weight excluding hydrogens is 210 g/mol. The zero-order valence-electron chi connectivity index (χ0n) is 10.3. The number of fused-ring (bicyclic) bond motifs is 1. The highest BCUT2D eigenvalue weighted by Crippen LogP contribution is 2.33. The van der Waals surface area contributed by atoms with E-state index in [0.717, 1.165) is 18.9 Å². The van der Waals surface area contributed by atoms with Crippen LogP contribution in [0.1, 0.15) is 25.5 Å². The van der Waals surface area contributed by atoms with Crippen molar-refractivity contribution in [3.8, 4) is 0 Å². The SMILES string of the molecule is CCn1nc(CC(N)C2CC2)c2ccccc21. The fourth-order valence-electron chi connectivity index (χ4n) is 2.50. The average molecular weight is 229 g/mol. The van der Waals surface area contributed by atoms with E-state index < -0.39 is 0 Å². The molecule has 3 nitrogen and oxygen atoms in total. The van der Waals surface area contributed by atoms with Crippen molar-refractivity contribution in [2.24, 2.45) is 11.7 Å². The molecule has 0 radical (unpaired) electrons. The number of aryl methyl sites for hydroxylation is 1. The summed E-state index contributed by atoms with van der Waals surface area (Å²) in [6, 6.07) is 8.73. The van der Waals surface area contributed by atoms with Crippen LogP contribution in [0.3, 0.4) is 0 Å². The van der Waals surface area contributed by atoms with E-state index in [0.29, 0.717) is 6.04 Å². The van der Waals surface area contributed by atoms with Gasteiger partial charge in [-0.2, -0.15) is 5.10 Å². The van der Waals surface area contributed by atoms with Crippen molar-refractivity contribution in [1.82, 2.24) is 9.78 Å². The molecule has 3 rings (SSSR count). The molecule has 1 aliphatic carbocycles. The normalized spacial score (nSPS) is 17.5. The molecule has 1 heterocycles. The summed E-state index contributed by atoms with van der Waals surface area (Å²) >= 11 is 0. The van der Waals surface area contributed by atoms with Crippen molar-refractivity contribution in [2.75, 3.05) is 0 Å². The highest BCUT2D eigenvalue weighted by Gasteiger charge is 2.29. The van der Waals surface area contributed by atoms with Crippen molar-refractivity contribution in [3.63, 3.8) is 0 Å². The van der Waals surface area contributed by atoms with Crippen molar-refractivity contribution in [2.45, 2.75) is 38.8 Å². The monoisotopic (exact) mass is 229 g/mol. The molecule has 1 aromatic carbocycles. The van der Waals surface area contributed by atoms with Gasteiger partial charge in [-0.1, -0.05) is 18.2 Å². The molecule has 90 valence electrons. The number of nitrogens with zero attached hydrogens (tertiary/aromatic N) is 2. The minimum atomic E-state index is 0.290. The maximum absolute atomic E-state index is 6.20. The molecule has 0 amide bonds. The zero-order valence-corrected chi connectivity index (χ0v) is 10.3. The Morgan fingerprint density at radius 2 is 2.18 bits per heavy atom. The van der Waals surface area contributed by atoms with Gasteiger partial charge in [-0.25, -0.2) is 0 Å². The maximum atomic E-state index is 6.20. The lowest BCUT2D eigenvalue weighted by molar-refractivity contribution is 0.573. The Kier molecular flexibility index (Phi) is 2.63. The van der Waals surface area contributed by atoms with Crippen LogP contribution < -0.4 is 5.73 Å². The van der Waals surface area contributed by atoms with E-state index in [1.165, 1.54) is 29.4 Å². The van der Waals surface area contributed by atoms with Gasteiger partial charge in [-0.05, 0) is 31.7 Å². The first-order valence-electron chi connectivity index (χ1n) is 6.49. The van der Waals surface area contributed by atoms with Crippen LogP contribution in [0.2, 0.25) is 0 Å². The van der Waals surface area contributed by atoms with Crippen molar-refractivity contribution >= 4 is 10.9 Å². The molecule has 3 heteroatoms. The molecule has 1 saturated carbocycles. The third-order valence-corrected chi connectivity index (χ3v) is 3.69. The Hall–Kier alpha value is -1.35. The molecule has 0 aliphatic heterocycles. The maximum Gasteiger partial charge on any atom is 0.0718 e. The number of aromatic nitrogens is 2. The second-order valence-corrected chi connectivity index (χ2v) is 4.99. The zero-order chi connectivity index (χ0) is 11.8. The molecule has 0 bridgehead atoms. The minimum absolute atomic E-state index is 0.290. The molecule has 2 N–H and O–H groups in total. The van der Waals surface area contributed by atoms with Crippen LogP contribution in [-0.4, -0.2) is 15.8 Å². The molecular formula is C14H19N3. The molecule has 1 atom stereocenters. The van der Waals surface area contributed by atoms with E-state index in [2.05, 4.69) is 35.9 Å². The van der Waals surface area contributed by atoms with Gasteiger partial charge < -0.3 is 5.73 Å². The first kappa shape index (κ1) is 10.8. The summed E-state index contributed by atoms with van der Waals surface area (Å²) in [5.41, 5.74) is 8.60. The highest BCUT2D eigenvalue weighted by atomic mass is 15.3. The minimum Gasteiger partial charge on any atom is -0.327 e. The van der Waals surface area contributed by atoms with Crippen LogP contribution in [0.15, 0.2) is 24.3 Å². The summed E-state index contributed by atoms with van der Waals surface area (Å²) in [6.45, 7) is 3.04. The topological polar surface area (TPSA) is 43.8 Å². The van der Waals surface area contributed by atoms with E-state index in [4.69, 9.17) is 10.8 Å². The van der Waals surface area contributed by atoms with Crippen molar-refractivity contribution in [3.05, 3.63) is 30.0 Å². The standard InChI is InChI=1S/C14H19N3/c1-2-17-14-6-4-3-5-11(14)13(16-17)9-12(15)10-7-8-10/h3-6,10,12H,2,7-9,15H2,1H3. The van der Waals surface area contributed by atoms with Gasteiger partial charge in [0.2, 0.25) is 0 Å². The number of benzene rings is 1. The first-order valence-corrected chi connectivity index (χ1v) is 6.49. The van der Waals surface area contributed by atoms with E-state index in [-0.39, 0.29) is 0 Å². The number of rotatable bonds is 4. The number of hydrogen-bond donors (Lipinski definition) is 1. The van der Waals surface area contributed by atoms with Gasteiger partial charge in [0, 0.05) is 24.4 Å². The van der Waals surface area contributed by atoms with Crippen molar-refractivity contribution in [1.29, 1.82) is 0 Å².